The normalized spacial score (nSPS) is 23.0. The van der Waals surface area contributed by atoms with E-state index in [2.05, 4.69) is 12.2 Å². The first-order valence-electron chi connectivity index (χ1n) is 6.29. The van der Waals surface area contributed by atoms with Gasteiger partial charge in [-0.25, -0.2) is 0 Å². The van der Waals surface area contributed by atoms with Crippen LogP contribution in [-0.2, 0) is 0 Å². The van der Waals surface area contributed by atoms with Crippen LogP contribution in [0.25, 0.3) is 0 Å². The lowest BCUT2D eigenvalue weighted by Gasteiger charge is -2.23. The van der Waals surface area contributed by atoms with Gasteiger partial charge in [0.1, 0.15) is 0 Å². The summed E-state index contributed by atoms with van der Waals surface area (Å²) in [5.41, 5.74) is 8.05. The Hall–Kier alpha value is -1.16. The molecule has 1 amide bonds. The molecular formula is C14H20N2OS. The number of thioether (sulfide) groups is 1. The zero-order valence-electron chi connectivity index (χ0n) is 11.0. The van der Waals surface area contributed by atoms with Crippen molar-refractivity contribution in [3.63, 3.8) is 0 Å². The number of benzene rings is 1. The first-order chi connectivity index (χ1) is 8.52. The molecule has 1 aromatic carbocycles. The van der Waals surface area contributed by atoms with Crippen molar-refractivity contribution < 1.29 is 4.79 Å². The van der Waals surface area contributed by atoms with Crippen LogP contribution in [0.15, 0.2) is 18.2 Å². The highest BCUT2D eigenvalue weighted by molar-refractivity contribution is 8.00. The molecule has 98 valence electrons. The second-order valence-electron chi connectivity index (χ2n) is 5.12. The topological polar surface area (TPSA) is 55.1 Å². The van der Waals surface area contributed by atoms with Crippen molar-refractivity contribution in [2.24, 2.45) is 0 Å². The lowest BCUT2D eigenvalue weighted by Crippen LogP contribution is -2.37. The Morgan fingerprint density at radius 1 is 1.56 bits per heavy atom. The number of amides is 1. The van der Waals surface area contributed by atoms with Crippen molar-refractivity contribution >= 4 is 23.4 Å². The SMILES string of the molecule is Cc1cccc(C(=O)NCC2(C)CCCS2)c1N. The van der Waals surface area contributed by atoms with E-state index in [0.717, 1.165) is 5.56 Å². The summed E-state index contributed by atoms with van der Waals surface area (Å²) in [6.07, 6.45) is 2.41. The average molecular weight is 264 g/mol. The van der Waals surface area contributed by atoms with Crippen LogP contribution in [0, 0.1) is 6.92 Å². The number of nitrogens with one attached hydrogen (secondary N) is 1. The molecule has 3 nitrogen and oxygen atoms in total. The van der Waals surface area contributed by atoms with Crippen LogP contribution < -0.4 is 11.1 Å². The van der Waals surface area contributed by atoms with Crippen LogP contribution in [-0.4, -0.2) is 23.0 Å². The van der Waals surface area contributed by atoms with Gasteiger partial charge < -0.3 is 11.1 Å². The predicted molar refractivity (Wildman–Crippen MR) is 78.0 cm³/mol. The summed E-state index contributed by atoms with van der Waals surface area (Å²) >= 11 is 1.94. The van der Waals surface area contributed by atoms with Crippen molar-refractivity contribution in [3.8, 4) is 0 Å². The largest absolute Gasteiger partial charge is 0.398 e. The van der Waals surface area contributed by atoms with E-state index in [4.69, 9.17) is 5.73 Å². The van der Waals surface area contributed by atoms with Crippen molar-refractivity contribution in [2.75, 3.05) is 18.0 Å². The highest BCUT2D eigenvalue weighted by Crippen LogP contribution is 2.37. The Labute approximate surface area is 113 Å². The third kappa shape index (κ3) is 2.80. The summed E-state index contributed by atoms with van der Waals surface area (Å²) < 4.78 is 0.189. The van der Waals surface area contributed by atoms with E-state index in [1.165, 1.54) is 18.6 Å². The summed E-state index contributed by atoms with van der Waals surface area (Å²) in [7, 11) is 0. The average Bonchev–Trinajstić information content (AvgIpc) is 2.77. The maximum absolute atomic E-state index is 12.1. The van der Waals surface area contributed by atoms with E-state index in [1.54, 1.807) is 6.07 Å². The maximum atomic E-state index is 12.1. The Balaban J connectivity index is 2.01. The molecule has 3 N–H and O–H groups in total. The number of aryl methyl sites for hydroxylation is 1. The van der Waals surface area contributed by atoms with Gasteiger partial charge in [-0.3, -0.25) is 4.79 Å². The fourth-order valence-electron chi connectivity index (χ4n) is 2.22. The van der Waals surface area contributed by atoms with Gasteiger partial charge in [-0.05, 0) is 44.1 Å². The zero-order chi connectivity index (χ0) is 13.2. The van der Waals surface area contributed by atoms with Gasteiger partial charge in [0.25, 0.3) is 5.91 Å². The molecule has 0 bridgehead atoms. The lowest BCUT2D eigenvalue weighted by molar-refractivity contribution is 0.0951. The lowest BCUT2D eigenvalue weighted by atomic mass is 10.0. The molecule has 2 rings (SSSR count). The molecule has 0 aliphatic carbocycles. The van der Waals surface area contributed by atoms with Gasteiger partial charge in [0.15, 0.2) is 0 Å². The van der Waals surface area contributed by atoms with Crippen LogP contribution >= 0.6 is 11.8 Å². The van der Waals surface area contributed by atoms with Gasteiger partial charge >= 0.3 is 0 Å². The number of anilines is 1. The quantitative estimate of drug-likeness (QED) is 0.825. The molecule has 1 aromatic rings. The zero-order valence-corrected chi connectivity index (χ0v) is 11.8. The third-order valence-corrected chi connectivity index (χ3v) is 5.03. The molecule has 1 aliphatic rings. The first-order valence-corrected chi connectivity index (χ1v) is 7.28. The van der Waals surface area contributed by atoms with E-state index in [1.807, 2.05) is 30.8 Å². The molecule has 4 heteroatoms. The van der Waals surface area contributed by atoms with Gasteiger partial charge in [0, 0.05) is 17.0 Å². The monoisotopic (exact) mass is 264 g/mol. The molecule has 0 radical (unpaired) electrons. The van der Waals surface area contributed by atoms with Gasteiger partial charge in [-0.15, -0.1) is 0 Å². The van der Waals surface area contributed by atoms with Crippen molar-refractivity contribution in [1.82, 2.24) is 5.32 Å². The Morgan fingerprint density at radius 3 is 3.00 bits per heavy atom. The fourth-order valence-corrected chi connectivity index (χ4v) is 3.46. The Morgan fingerprint density at radius 2 is 2.33 bits per heavy atom. The number of carbonyl (C=O) groups excluding carboxylic acids is 1. The van der Waals surface area contributed by atoms with E-state index >= 15 is 0 Å². The van der Waals surface area contributed by atoms with Crippen LogP contribution in [0.2, 0.25) is 0 Å². The van der Waals surface area contributed by atoms with Gasteiger partial charge in [0.05, 0.1) is 5.56 Å². The molecule has 1 saturated heterocycles. The number of hydrogen-bond donors (Lipinski definition) is 2. The summed E-state index contributed by atoms with van der Waals surface area (Å²) in [5, 5.41) is 3.01. The molecule has 1 fully saturated rings. The van der Waals surface area contributed by atoms with Gasteiger partial charge in [0.2, 0.25) is 0 Å². The number of para-hydroxylation sites is 1. The van der Waals surface area contributed by atoms with Crippen LogP contribution in [0.3, 0.4) is 0 Å². The molecule has 1 unspecified atom stereocenters. The second-order valence-corrected chi connectivity index (χ2v) is 6.80. The molecule has 0 spiro atoms. The number of nitrogens with two attached hydrogens (primary N) is 1. The summed E-state index contributed by atoms with van der Waals surface area (Å²) in [5.74, 6) is 1.13. The second kappa shape index (κ2) is 5.22. The van der Waals surface area contributed by atoms with Gasteiger partial charge in [-0.1, -0.05) is 12.1 Å². The van der Waals surface area contributed by atoms with Crippen LogP contribution in [0.4, 0.5) is 5.69 Å². The molecule has 18 heavy (non-hydrogen) atoms. The Bertz CT molecular complexity index is 453. The predicted octanol–water partition coefficient (Wildman–Crippen LogP) is 2.59. The summed E-state index contributed by atoms with van der Waals surface area (Å²) in [4.78, 5) is 12.1. The van der Waals surface area contributed by atoms with Crippen molar-refractivity contribution in [2.45, 2.75) is 31.4 Å². The van der Waals surface area contributed by atoms with E-state index in [-0.39, 0.29) is 10.7 Å². The summed E-state index contributed by atoms with van der Waals surface area (Å²) in [6, 6.07) is 5.56. The molecule has 1 heterocycles. The van der Waals surface area contributed by atoms with Gasteiger partial charge in [-0.2, -0.15) is 11.8 Å². The minimum absolute atomic E-state index is 0.0649. The standard InChI is InChI=1S/C14H20N2OS/c1-10-5-3-6-11(12(10)15)13(17)16-9-14(2)7-4-8-18-14/h3,5-6H,4,7-9,15H2,1-2H3,(H,16,17). The molecule has 0 aromatic heterocycles. The minimum Gasteiger partial charge on any atom is -0.398 e. The number of nitrogen functional groups attached to an aromatic ring is 1. The highest BCUT2D eigenvalue weighted by Gasteiger charge is 2.29. The van der Waals surface area contributed by atoms with Crippen molar-refractivity contribution in [3.05, 3.63) is 29.3 Å². The van der Waals surface area contributed by atoms with Crippen LogP contribution in [0.5, 0.6) is 0 Å². The van der Waals surface area contributed by atoms with E-state index < -0.39 is 0 Å². The van der Waals surface area contributed by atoms with Crippen molar-refractivity contribution in [1.29, 1.82) is 0 Å². The molecular weight excluding hydrogens is 244 g/mol. The molecule has 1 aliphatic heterocycles. The molecule has 0 saturated carbocycles. The van der Waals surface area contributed by atoms with E-state index in [0.29, 0.717) is 17.8 Å². The Kier molecular flexibility index (Phi) is 3.85. The smallest absolute Gasteiger partial charge is 0.253 e. The minimum atomic E-state index is -0.0649. The highest BCUT2D eigenvalue weighted by atomic mass is 32.2. The molecule has 1 atom stereocenters. The number of hydrogen-bond acceptors (Lipinski definition) is 3. The first kappa shape index (κ1) is 13.3. The number of carbonyl (C=O) groups is 1. The number of rotatable bonds is 3. The van der Waals surface area contributed by atoms with E-state index in [9.17, 15) is 4.79 Å². The fraction of sp³-hybridized carbons (Fsp3) is 0.500. The summed E-state index contributed by atoms with van der Waals surface area (Å²) in [6.45, 7) is 4.84. The third-order valence-electron chi connectivity index (χ3n) is 3.49. The van der Waals surface area contributed by atoms with Crippen LogP contribution in [0.1, 0.15) is 35.7 Å². The maximum Gasteiger partial charge on any atom is 0.253 e.